The van der Waals surface area contributed by atoms with Gasteiger partial charge in [-0.1, -0.05) is 6.92 Å². The summed E-state index contributed by atoms with van der Waals surface area (Å²) in [7, 11) is 0. The van der Waals surface area contributed by atoms with Crippen LogP contribution in [0, 0.1) is 0 Å². The first-order valence-corrected chi connectivity index (χ1v) is 14.3. The van der Waals surface area contributed by atoms with E-state index >= 15 is 0 Å². The van der Waals surface area contributed by atoms with E-state index in [4.69, 9.17) is 24.9 Å². The number of rotatable bonds is 11. The average molecular weight is 603 g/mol. The molecule has 0 unspecified atom stereocenters. The van der Waals surface area contributed by atoms with E-state index < -0.39 is 23.3 Å². The molecule has 10 nitrogen and oxygen atoms in total. The van der Waals surface area contributed by atoms with E-state index in [1.165, 1.54) is 11.0 Å². The zero-order valence-electron chi connectivity index (χ0n) is 24.7. The highest BCUT2D eigenvalue weighted by Gasteiger charge is 2.40. The van der Waals surface area contributed by atoms with Crippen molar-refractivity contribution in [3.63, 3.8) is 0 Å². The highest BCUT2D eigenvalue weighted by molar-refractivity contribution is 5.95. The van der Waals surface area contributed by atoms with Gasteiger partial charge in [0.05, 0.1) is 30.0 Å². The van der Waals surface area contributed by atoms with E-state index in [1.54, 1.807) is 19.2 Å². The molecule has 1 aliphatic heterocycles. The summed E-state index contributed by atoms with van der Waals surface area (Å²) in [5, 5.41) is 0. The number of carbonyl (C=O) groups is 1. The summed E-state index contributed by atoms with van der Waals surface area (Å²) in [6, 6.07) is 9.60. The maximum Gasteiger partial charge on any atom is 0.434 e. The van der Waals surface area contributed by atoms with Gasteiger partial charge < -0.3 is 29.7 Å². The van der Waals surface area contributed by atoms with Gasteiger partial charge in [-0.2, -0.15) is 13.2 Å². The van der Waals surface area contributed by atoms with Gasteiger partial charge in [0.2, 0.25) is 17.6 Å². The van der Waals surface area contributed by atoms with Crippen molar-refractivity contribution in [2.45, 2.75) is 52.4 Å². The first kappa shape index (κ1) is 31.8. The monoisotopic (exact) mass is 602 g/mol. The topological polar surface area (TPSA) is 116 Å². The summed E-state index contributed by atoms with van der Waals surface area (Å²) >= 11 is 0. The number of hydrogen-bond acceptors (Lipinski definition) is 9. The average Bonchev–Trinajstić information content (AvgIpc) is 3.00. The number of halogens is 3. The fourth-order valence-corrected chi connectivity index (χ4v) is 4.90. The molecule has 13 heteroatoms. The van der Waals surface area contributed by atoms with E-state index in [1.807, 2.05) is 39.0 Å². The number of hydrogen-bond donors (Lipinski definition) is 1. The number of ether oxygens (including phenoxy) is 3. The summed E-state index contributed by atoms with van der Waals surface area (Å²) in [6.45, 7) is 8.90. The quantitative estimate of drug-likeness (QED) is 0.330. The lowest BCUT2D eigenvalue weighted by Crippen LogP contribution is -2.55. The van der Waals surface area contributed by atoms with Crippen molar-refractivity contribution in [2.75, 3.05) is 44.3 Å². The first-order valence-electron chi connectivity index (χ1n) is 14.3. The minimum atomic E-state index is -4.82. The Morgan fingerprint density at radius 2 is 1.81 bits per heavy atom. The summed E-state index contributed by atoms with van der Waals surface area (Å²) in [6.07, 6.45) is -2.90. The van der Waals surface area contributed by atoms with E-state index in [0.717, 1.165) is 6.07 Å². The fourth-order valence-electron chi connectivity index (χ4n) is 4.90. The number of alkyl halides is 3. The predicted molar refractivity (Wildman–Crippen MR) is 156 cm³/mol. The third kappa shape index (κ3) is 7.27. The smallest absolute Gasteiger partial charge is 0.434 e. The Morgan fingerprint density at radius 3 is 2.49 bits per heavy atom. The minimum Gasteiger partial charge on any atom is -0.478 e. The van der Waals surface area contributed by atoms with Crippen molar-refractivity contribution in [3.05, 3.63) is 53.9 Å². The lowest BCUT2D eigenvalue weighted by atomic mass is 10.1. The molecule has 3 aromatic heterocycles. The van der Waals surface area contributed by atoms with Crippen LogP contribution in [-0.2, 0) is 6.18 Å². The van der Waals surface area contributed by atoms with Crippen LogP contribution in [0.2, 0.25) is 0 Å². The molecule has 0 radical (unpaired) electrons. The SMILES string of the molecule is CCOc1ccc(C(=O)N2CCN(c3ccc(-c4cccnc4OCC)nc3O[C@@H](C)CN)[C@H](CC)C2)c(C(F)(F)F)n1. The Hall–Kier alpha value is -4.13. The van der Waals surface area contributed by atoms with Gasteiger partial charge >= 0.3 is 6.18 Å². The highest BCUT2D eigenvalue weighted by atomic mass is 19.4. The molecule has 0 aliphatic carbocycles. The van der Waals surface area contributed by atoms with Gasteiger partial charge in [0, 0.05) is 44.5 Å². The molecule has 1 aliphatic rings. The maximum absolute atomic E-state index is 13.9. The molecule has 1 fully saturated rings. The third-order valence-corrected chi connectivity index (χ3v) is 7.02. The number of anilines is 1. The van der Waals surface area contributed by atoms with Gasteiger partial charge in [-0.15, -0.1) is 0 Å². The lowest BCUT2D eigenvalue weighted by Gasteiger charge is -2.43. The van der Waals surface area contributed by atoms with Crippen LogP contribution in [0.3, 0.4) is 0 Å². The third-order valence-electron chi connectivity index (χ3n) is 7.02. The molecule has 1 amide bonds. The Balaban J connectivity index is 1.64. The second-order valence-corrected chi connectivity index (χ2v) is 9.96. The number of nitrogens with zero attached hydrogens (tertiary/aromatic N) is 5. The van der Waals surface area contributed by atoms with Crippen molar-refractivity contribution in [3.8, 4) is 28.9 Å². The van der Waals surface area contributed by atoms with Crippen molar-refractivity contribution in [2.24, 2.45) is 5.73 Å². The minimum absolute atomic E-state index is 0.152. The van der Waals surface area contributed by atoms with Gasteiger partial charge in [-0.3, -0.25) is 4.79 Å². The molecule has 43 heavy (non-hydrogen) atoms. The molecule has 0 bridgehead atoms. The number of amides is 1. The normalized spacial score (nSPS) is 16.1. The van der Waals surface area contributed by atoms with Crippen molar-refractivity contribution in [1.29, 1.82) is 0 Å². The maximum atomic E-state index is 13.9. The molecule has 3 aromatic rings. The molecule has 1 saturated heterocycles. The predicted octanol–water partition coefficient (Wildman–Crippen LogP) is 4.82. The molecule has 4 heterocycles. The molecule has 4 rings (SSSR count). The Kier molecular flexibility index (Phi) is 10.3. The Labute approximate surface area is 249 Å². The highest BCUT2D eigenvalue weighted by Crippen LogP contribution is 2.37. The fraction of sp³-hybridized carbons (Fsp3) is 0.467. The molecular weight excluding hydrogens is 565 g/mol. The molecular formula is C30H37F3N6O4. The molecule has 0 spiro atoms. The van der Waals surface area contributed by atoms with Crippen LogP contribution in [0.5, 0.6) is 17.6 Å². The van der Waals surface area contributed by atoms with Gasteiger partial charge in [-0.05, 0) is 57.5 Å². The van der Waals surface area contributed by atoms with Gasteiger partial charge in [0.15, 0.2) is 5.69 Å². The second-order valence-electron chi connectivity index (χ2n) is 9.96. The van der Waals surface area contributed by atoms with Gasteiger partial charge in [0.1, 0.15) is 11.8 Å². The Morgan fingerprint density at radius 1 is 1.05 bits per heavy atom. The Bertz CT molecular complexity index is 1410. The molecule has 2 atom stereocenters. The van der Waals surface area contributed by atoms with Crippen LogP contribution in [0.1, 0.15) is 50.2 Å². The largest absolute Gasteiger partial charge is 0.478 e. The molecule has 2 N–H and O–H groups in total. The zero-order valence-corrected chi connectivity index (χ0v) is 24.7. The van der Waals surface area contributed by atoms with E-state index in [2.05, 4.69) is 14.9 Å². The summed E-state index contributed by atoms with van der Waals surface area (Å²) < 4.78 is 58.7. The van der Waals surface area contributed by atoms with Crippen LogP contribution in [-0.4, -0.2) is 77.3 Å². The van der Waals surface area contributed by atoms with Crippen molar-refractivity contribution in [1.82, 2.24) is 19.9 Å². The number of piperazine rings is 1. The number of carbonyl (C=O) groups excluding carboxylic acids is 1. The van der Waals surface area contributed by atoms with E-state index in [9.17, 15) is 18.0 Å². The number of pyridine rings is 3. The van der Waals surface area contributed by atoms with Crippen LogP contribution in [0.25, 0.3) is 11.3 Å². The number of nitrogens with two attached hydrogens (primary N) is 1. The van der Waals surface area contributed by atoms with Crippen LogP contribution < -0.4 is 24.8 Å². The molecule has 0 aromatic carbocycles. The molecule has 232 valence electrons. The van der Waals surface area contributed by atoms with Gasteiger partial charge in [-0.25, -0.2) is 15.0 Å². The van der Waals surface area contributed by atoms with Crippen LogP contribution in [0.15, 0.2) is 42.6 Å². The van der Waals surface area contributed by atoms with E-state index in [-0.39, 0.29) is 44.3 Å². The zero-order chi connectivity index (χ0) is 31.1. The van der Waals surface area contributed by atoms with Crippen LogP contribution in [0.4, 0.5) is 18.9 Å². The standard InChI is InChI=1S/C30H37F3N6O4/c1-5-20-18-38(29(40)22-10-13-25(41-6-2)37-26(22)30(31,32)33)15-16-39(20)24-12-11-23(36-28(24)43-19(4)17-34)21-9-8-14-35-27(21)42-7-3/h8-14,19-20H,5-7,15-18,34H2,1-4H3/t19-,20+/m0/s1. The number of aromatic nitrogens is 3. The summed E-state index contributed by atoms with van der Waals surface area (Å²) in [5.74, 6) is -0.112. The lowest BCUT2D eigenvalue weighted by molar-refractivity contribution is -0.141. The second kappa shape index (κ2) is 13.9. The van der Waals surface area contributed by atoms with Crippen LogP contribution >= 0.6 is 0 Å². The summed E-state index contributed by atoms with van der Waals surface area (Å²) in [5.41, 5.74) is 6.09. The van der Waals surface area contributed by atoms with Crippen molar-refractivity contribution < 1.29 is 32.2 Å². The van der Waals surface area contributed by atoms with Crippen molar-refractivity contribution >= 4 is 11.6 Å². The van der Waals surface area contributed by atoms with Gasteiger partial charge in [0.25, 0.3) is 5.91 Å². The first-order chi connectivity index (χ1) is 20.6. The summed E-state index contributed by atoms with van der Waals surface area (Å²) in [4.78, 5) is 29.7. The van der Waals surface area contributed by atoms with E-state index in [0.29, 0.717) is 48.3 Å². The molecule has 0 saturated carbocycles.